The van der Waals surface area contributed by atoms with Crippen LogP contribution in [0.5, 0.6) is 0 Å². The number of allylic oxidation sites excluding steroid dienone is 6. The smallest absolute Gasteiger partial charge is 0.0572 e. The van der Waals surface area contributed by atoms with E-state index in [2.05, 4.69) is 152 Å². The van der Waals surface area contributed by atoms with Crippen molar-refractivity contribution < 1.29 is 0 Å². The molecule has 1 aromatic heterocycles. The Morgan fingerprint density at radius 1 is 0.934 bits per heavy atom. The van der Waals surface area contributed by atoms with Gasteiger partial charge in [0.25, 0.3) is 0 Å². The molecule has 3 rings (SSSR count). The molecule has 6 heteroatoms. The van der Waals surface area contributed by atoms with Gasteiger partial charge >= 0.3 is 0 Å². The maximum absolute atomic E-state index is 6.65. The molecule has 0 bridgehead atoms. The normalized spacial score (nSPS) is 26.4. The molecule has 4 N–H and O–H groups in total. The summed E-state index contributed by atoms with van der Waals surface area (Å²) in [7, 11) is 4.58. The van der Waals surface area contributed by atoms with Crippen LogP contribution in [0.4, 0.5) is 0 Å². The second-order valence-electron chi connectivity index (χ2n) is 20.2. The van der Waals surface area contributed by atoms with E-state index >= 15 is 0 Å². The number of aryl methyl sites for hydroxylation is 1. The van der Waals surface area contributed by atoms with E-state index in [0.717, 1.165) is 50.9 Å². The largest absolute Gasteiger partial charge is 0.397 e. The van der Waals surface area contributed by atoms with Crippen molar-refractivity contribution in [2.24, 2.45) is 64.8 Å². The van der Waals surface area contributed by atoms with E-state index in [1.807, 2.05) is 6.20 Å². The molecule has 1 aliphatic rings. The lowest BCUT2D eigenvalue weighted by Crippen LogP contribution is -2.39. The van der Waals surface area contributed by atoms with Crippen molar-refractivity contribution in [1.29, 1.82) is 0 Å². The summed E-state index contributed by atoms with van der Waals surface area (Å²) < 4.78 is 0. The van der Waals surface area contributed by atoms with Crippen LogP contribution in [0.3, 0.4) is 0 Å². The third-order valence-electron chi connectivity index (χ3n) is 14.5. The van der Waals surface area contributed by atoms with Gasteiger partial charge in [0.2, 0.25) is 0 Å². The van der Waals surface area contributed by atoms with Gasteiger partial charge in [-0.15, -0.1) is 0 Å². The highest BCUT2D eigenvalue weighted by Crippen LogP contribution is 2.43. The number of thiophene rings is 1. The Balaban J connectivity index is 2.09. The Bertz CT molecular complexity index is 1640. The quantitative estimate of drug-likeness (QED) is 0.0837. The average molecular weight is 854 g/mol. The molecule has 1 aromatic carbocycles. The van der Waals surface area contributed by atoms with E-state index in [1.54, 1.807) is 16.3 Å². The molecular weight excluding hydrogens is 763 g/mol. The van der Waals surface area contributed by atoms with Crippen molar-refractivity contribution in [1.82, 2.24) is 14.8 Å². The van der Waals surface area contributed by atoms with Gasteiger partial charge in [-0.05, 0) is 143 Å². The summed E-state index contributed by atoms with van der Waals surface area (Å²) >= 11 is 1.65. The van der Waals surface area contributed by atoms with Crippen LogP contribution in [-0.4, -0.2) is 54.6 Å². The molecule has 0 aliphatic heterocycles. The Labute approximate surface area is 380 Å². The zero-order chi connectivity index (χ0) is 45.2. The zero-order valence-corrected chi connectivity index (χ0v) is 42.0. The monoisotopic (exact) mass is 854 g/mol. The lowest BCUT2D eigenvalue weighted by Gasteiger charge is -2.41. The van der Waals surface area contributed by atoms with Crippen molar-refractivity contribution >= 4 is 17.0 Å². The third-order valence-corrected chi connectivity index (χ3v) is 15.2. The van der Waals surface area contributed by atoms with Crippen molar-refractivity contribution in [2.45, 2.75) is 140 Å². The summed E-state index contributed by atoms with van der Waals surface area (Å²) in [5.41, 5.74) is 14.9. The first-order valence-electron chi connectivity index (χ1n) is 24.1. The highest BCUT2D eigenvalue weighted by Gasteiger charge is 2.35. The zero-order valence-electron chi connectivity index (χ0n) is 41.1. The molecule has 61 heavy (non-hydrogen) atoms. The van der Waals surface area contributed by atoms with Crippen LogP contribution in [0.15, 0.2) is 95.4 Å². The maximum Gasteiger partial charge on any atom is 0.0572 e. The molecule has 0 spiro atoms. The molecule has 5 nitrogen and oxygen atoms in total. The summed E-state index contributed by atoms with van der Waals surface area (Å²) in [6.45, 7) is 37.0. The Morgan fingerprint density at radius 2 is 1.64 bits per heavy atom. The molecule has 2 aromatic rings. The number of hydrogen-bond donors (Lipinski definition) is 2. The van der Waals surface area contributed by atoms with Gasteiger partial charge < -0.3 is 15.6 Å². The molecule has 342 valence electrons. The molecule has 0 saturated heterocycles. The first-order chi connectivity index (χ1) is 28.9. The van der Waals surface area contributed by atoms with E-state index in [1.165, 1.54) is 60.0 Å². The van der Waals surface area contributed by atoms with Gasteiger partial charge in [-0.2, -0.15) is 11.3 Å². The number of hydrogen-bond acceptors (Lipinski definition) is 6. The SMILES string of the molecule is C=C1CC(C)[C@H](C)C(C[C@H](CCC)CC(C(C)C)N(C)C)[C@@H](CCN(CCN(N)/C=C(\N)c2ccsc2)Cc2ccc(C)cc2)C[C@@H](C)C(=C)/C=C/C(C)=C/[C@H](C)[C@@H](CC)C1. The van der Waals surface area contributed by atoms with E-state index < -0.39 is 0 Å². The number of hydrazine groups is 1. The highest BCUT2D eigenvalue weighted by atomic mass is 32.1. The Kier molecular flexibility index (Phi) is 22.9. The third kappa shape index (κ3) is 18.0. The van der Waals surface area contributed by atoms with Crippen molar-refractivity contribution in [2.75, 3.05) is 33.7 Å². The van der Waals surface area contributed by atoms with Crippen LogP contribution in [0, 0.1) is 60.2 Å². The fraction of sp³-hybridized carbons (Fsp3) is 0.636. The van der Waals surface area contributed by atoms with E-state index in [9.17, 15) is 0 Å². The molecule has 0 fully saturated rings. The Morgan fingerprint density at radius 3 is 2.25 bits per heavy atom. The van der Waals surface area contributed by atoms with Crippen molar-refractivity contribution in [3.63, 3.8) is 0 Å². The van der Waals surface area contributed by atoms with Gasteiger partial charge in [0.1, 0.15) is 0 Å². The number of benzene rings is 1. The number of nitrogens with zero attached hydrogens (tertiary/aromatic N) is 3. The molecule has 3 unspecified atom stereocenters. The van der Waals surface area contributed by atoms with Crippen LogP contribution < -0.4 is 11.6 Å². The minimum absolute atomic E-state index is 0.382. The van der Waals surface area contributed by atoms with Crippen LogP contribution >= 0.6 is 11.3 Å². The lowest BCUT2D eigenvalue weighted by atomic mass is 9.66. The fourth-order valence-electron chi connectivity index (χ4n) is 10.3. The summed E-state index contributed by atoms with van der Waals surface area (Å²) in [6, 6.07) is 11.7. The van der Waals surface area contributed by atoms with Crippen molar-refractivity contribution in [3.8, 4) is 0 Å². The van der Waals surface area contributed by atoms with Crippen LogP contribution in [-0.2, 0) is 6.54 Å². The second kappa shape index (κ2) is 26.7. The van der Waals surface area contributed by atoms with Crippen LogP contribution in [0.2, 0.25) is 0 Å². The molecular formula is C55H91N5S. The van der Waals surface area contributed by atoms with E-state index in [-0.39, 0.29) is 0 Å². The lowest BCUT2D eigenvalue weighted by molar-refractivity contribution is 0.0960. The second-order valence-corrected chi connectivity index (χ2v) is 21.0. The van der Waals surface area contributed by atoms with Gasteiger partial charge in [0.15, 0.2) is 0 Å². The predicted molar refractivity (Wildman–Crippen MR) is 271 cm³/mol. The number of rotatable bonds is 19. The number of nitrogens with two attached hydrogens (primary N) is 2. The highest BCUT2D eigenvalue weighted by molar-refractivity contribution is 7.08. The standard InChI is InChI=1S/C55H91N5S/c1-15-17-49(35-55(39(3)4)58(13)14)34-53-47(12)45(10)31-42(7)32-50(16-2)46(11)30-41(6)18-21-43(8)44(9)33-51(53)24-26-59(36-48-22-19-40(5)20-23-48)27-28-60(57)37-54(56)52-25-29-61-38-52/h18-23,25,29-30,37-39,44-47,49-51,53,55H,7-8,15-17,24,26-28,31-36,56-57H2,1-6,9-14H3/b21-18+,41-30+,54-37-/t44-,45?,46+,47+,49+,50+,51+,53?,55?/m1/s1. The molecule has 9 atom stereocenters. The summed E-state index contributed by atoms with van der Waals surface area (Å²) in [5, 5.41) is 5.92. The van der Waals surface area contributed by atoms with Gasteiger partial charge in [0, 0.05) is 42.8 Å². The maximum atomic E-state index is 6.65. The first kappa shape index (κ1) is 52.4. The topological polar surface area (TPSA) is 61.8 Å². The van der Waals surface area contributed by atoms with Crippen molar-refractivity contribution in [3.05, 3.63) is 112 Å². The summed E-state index contributed by atoms with van der Waals surface area (Å²) in [5.74, 6) is 11.7. The van der Waals surface area contributed by atoms with Gasteiger partial charge in [-0.1, -0.05) is 153 Å². The minimum Gasteiger partial charge on any atom is -0.397 e. The van der Waals surface area contributed by atoms with E-state index in [0.29, 0.717) is 71.5 Å². The van der Waals surface area contributed by atoms with Crippen LogP contribution in [0.1, 0.15) is 137 Å². The minimum atomic E-state index is 0.382. The Hall–Kier alpha value is -2.90. The van der Waals surface area contributed by atoms with Gasteiger partial charge in [0.05, 0.1) is 5.70 Å². The first-order valence-corrected chi connectivity index (χ1v) is 25.0. The predicted octanol–water partition coefficient (Wildman–Crippen LogP) is 13.8. The summed E-state index contributed by atoms with van der Waals surface area (Å²) in [4.78, 5) is 5.14. The molecule has 0 radical (unpaired) electrons. The van der Waals surface area contributed by atoms with Crippen LogP contribution in [0.25, 0.3) is 5.70 Å². The van der Waals surface area contributed by atoms with Gasteiger partial charge in [-0.3, -0.25) is 4.90 Å². The van der Waals surface area contributed by atoms with Gasteiger partial charge in [-0.25, -0.2) is 5.84 Å². The fourth-order valence-corrected chi connectivity index (χ4v) is 11.0. The molecule has 0 saturated carbocycles. The molecule has 0 amide bonds. The summed E-state index contributed by atoms with van der Waals surface area (Å²) in [6.07, 6.45) is 19.8. The average Bonchev–Trinajstić information content (AvgIpc) is 3.76. The molecule has 1 heterocycles. The molecule has 1 aliphatic carbocycles. The van der Waals surface area contributed by atoms with E-state index in [4.69, 9.17) is 24.7 Å².